The highest BCUT2D eigenvalue weighted by Crippen LogP contribution is 2.29. The lowest BCUT2D eigenvalue weighted by Crippen LogP contribution is -2.43. The first-order valence-corrected chi connectivity index (χ1v) is 10.1. The number of benzene rings is 2. The van der Waals surface area contributed by atoms with Gasteiger partial charge in [0.1, 0.15) is 12.2 Å². The fourth-order valence-electron chi connectivity index (χ4n) is 3.86. The van der Waals surface area contributed by atoms with Gasteiger partial charge in [0, 0.05) is 18.9 Å². The number of nitrogens with zero attached hydrogens (tertiary/aromatic N) is 2. The zero-order chi connectivity index (χ0) is 22.0. The Kier molecular flexibility index (Phi) is 6.15. The van der Waals surface area contributed by atoms with Crippen LogP contribution in [-0.4, -0.2) is 49.4 Å². The molecule has 1 fully saturated rings. The summed E-state index contributed by atoms with van der Waals surface area (Å²) in [4.78, 5) is 25.5. The van der Waals surface area contributed by atoms with Crippen molar-refractivity contribution in [3.63, 3.8) is 0 Å². The van der Waals surface area contributed by atoms with Crippen LogP contribution >= 0.6 is 0 Å². The zero-order valence-corrected chi connectivity index (χ0v) is 16.7. The minimum absolute atomic E-state index is 0.0462. The monoisotopic (exact) mass is 424 g/mol. The predicted molar refractivity (Wildman–Crippen MR) is 114 cm³/mol. The molecule has 8 heteroatoms. The van der Waals surface area contributed by atoms with Gasteiger partial charge in [0.05, 0.1) is 12.6 Å². The van der Waals surface area contributed by atoms with Crippen LogP contribution in [0.15, 0.2) is 76.4 Å². The molecule has 1 aromatic heterocycles. The van der Waals surface area contributed by atoms with E-state index in [-0.39, 0.29) is 19.6 Å². The van der Waals surface area contributed by atoms with Crippen molar-refractivity contribution in [2.75, 3.05) is 6.61 Å². The fourth-order valence-corrected chi connectivity index (χ4v) is 3.86. The normalized spacial score (nSPS) is 23.2. The number of aliphatic hydroxyl groups excluding tert-OH is 3. The number of aromatic nitrogens is 2. The van der Waals surface area contributed by atoms with Gasteiger partial charge in [-0.25, -0.2) is 4.79 Å². The molecule has 0 aliphatic carbocycles. The summed E-state index contributed by atoms with van der Waals surface area (Å²) in [5.74, 6) is 0. The Morgan fingerprint density at radius 1 is 0.903 bits per heavy atom. The van der Waals surface area contributed by atoms with Crippen LogP contribution in [-0.2, 0) is 11.3 Å². The Morgan fingerprint density at radius 2 is 1.65 bits per heavy atom. The highest BCUT2D eigenvalue weighted by molar-refractivity contribution is 5.63. The van der Waals surface area contributed by atoms with Crippen LogP contribution in [0.1, 0.15) is 18.2 Å². The number of hydrogen-bond acceptors (Lipinski definition) is 6. The minimum atomic E-state index is -1.36. The lowest BCUT2D eigenvalue weighted by Gasteiger charge is -2.19. The molecule has 0 spiro atoms. The smallest absolute Gasteiger partial charge is 0.333 e. The van der Waals surface area contributed by atoms with E-state index in [1.807, 2.05) is 54.6 Å². The molecule has 1 aliphatic heterocycles. The Morgan fingerprint density at radius 3 is 2.39 bits per heavy atom. The third-order valence-corrected chi connectivity index (χ3v) is 5.50. The van der Waals surface area contributed by atoms with Crippen molar-refractivity contribution in [3.8, 4) is 11.1 Å². The predicted octanol–water partition coefficient (Wildman–Crippen LogP) is 0.727. The minimum Gasteiger partial charge on any atom is -0.396 e. The summed E-state index contributed by atoms with van der Waals surface area (Å²) < 4.78 is 7.77. The number of ether oxygens (including phenoxy) is 1. The molecule has 1 saturated heterocycles. The molecule has 0 bridgehead atoms. The summed E-state index contributed by atoms with van der Waals surface area (Å²) >= 11 is 0. The van der Waals surface area contributed by atoms with E-state index in [0.717, 1.165) is 25.8 Å². The molecule has 4 rings (SSSR count). The van der Waals surface area contributed by atoms with Crippen molar-refractivity contribution < 1.29 is 20.1 Å². The van der Waals surface area contributed by atoms with Gasteiger partial charge in [-0.1, -0.05) is 48.5 Å². The first-order valence-electron chi connectivity index (χ1n) is 10.1. The van der Waals surface area contributed by atoms with Crippen LogP contribution < -0.4 is 11.2 Å². The first-order chi connectivity index (χ1) is 15.0. The molecule has 8 nitrogen and oxygen atoms in total. The van der Waals surface area contributed by atoms with Crippen LogP contribution in [0.2, 0.25) is 0 Å². The van der Waals surface area contributed by atoms with Crippen molar-refractivity contribution in [1.82, 2.24) is 9.13 Å². The van der Waals surface area contributed by atoms with Gasteiger partial charge >= 0.3 is 5.69 Å². The summed E-state index contributed by atoms with van der Waals surface area (Å²) in [5, 5.41) is 29.6. The van der Waals surface area contributed by atoms with Gasteiger partial charge < -0.3 is 20.1 Å². The molecule has 1 aliphatic rings. The van der Waals surface area contributed by atoms with E-state index in [1.165, 1.54) is 12.3 Å². The van der Waals surface area contributed by atoms with Crippen LogP contribution in [0.3, 0.4) is 0 Å². The standard InChI is InChI=1S/C23H24N2O6/c26-12-10-18-20(28)21(29)22(31-18)24-11-9-19(27)25(23(24)30)14-15-5-4-8-17(13-15)16-6-2-1-3-7-16/h1-9,11,13,18,20-22,26,28-29H,10,12,14H2. The number of hydrogen-bond donors (Lipinski definition) is 3. The molecule has 2 aromatic carbocycles. The molecule has 3 N–H and O–H groups in total. The topological polar surface area (TPSA) is 114 Å². The Balaban J connectivity index is 1.65. The Labute approximate surface area is 178 Å². The number of aliphatic hydroxyl groups is 3. The molecule has 4 atom stereocenters. The van der Waals surface area contributed by atoms with Gasteiger partial charge in [-0.3, -0.25) is 13.9 Å². The van der Waals surface area contributed by atoms with Gasteiger partial charge in [-0.05, 0) is 29.2 Å². The number of rotatable bonds is 6. The largest absolute Gasteiger partial charge is 0.396 e. The molecule has 31 heavy (non-hydrogen) atoms. The molecule has 162 valence electrons. The van der Waals surface area contributed by atoms with Gasteiger partial charge in [0.15, 0.2) is 6.23 Å². The second-order valence-corrected chi connectivity index (χ2v) is 7.55. The van der Waals surface area contributed by atoms with E-state index in [1.54, 1.807) is 0 Å². The lowest BCUT2D eigenvalue weighted by molar-refractivity contribution is -0.0458. The summed E-state index contributed by atoms with van der Waals surface area (Å²) in [5.41, 5.74) is 1.62. The maximum absolute atomic E-state index is 13.1. The maximum atomic E-state index is 13.1. The molecule has 3 aromatic rings. The quantitative estimate of drug-likeness (QED) is 0.538. The van der Waals surface area contributed by atoms with E-state index in [2.05, 4.69) is 0 Å². The summed E-state index contributed by atoms with van der Waals surface area (Å²) in [6.07, 6.45) is -3.19. The van der Waals surface area contributed by atoms with Crippen molar-refractivity contribution in [3.05, 3.63) is 93.3 Å². The highest BCUT2D eigenvalue weighted by atomic mass is 16.6. The third-order valence-electron chi connectivity index (χ3n) is 5.50. The van der Waals surface area contributed by atoms with E-state index in [4.69, 9.17) is 9.84 Å². The third kappa shape index (κ3) is 4.24. The van der Waals surface area contributed by atoms with Gasteiger partial charge in [0.2, 0.25) is 0 Å². The second kappa shape index (κ2) is 8.99. The molecule has 2 heterocycles. The summed E-state index contributed by atoms with van der Waals surface area (Å²) in [6.45, 7) is -0.183. The van der Waals surface area contributed by atoms with E-state index in [0.29, 0.717) is 0 Å². The van der Waals surface area contributed by atoms with Crippen LogP contribution in [0.4, 0.5) is 0 Å². The van der Waals surface area contributed by atoms with E-state index in [9.17, 15) is 19.8 Å². The van der Waals surface area contributed by atoms with Crippen molar-refractivity contribution in [2.45, 2.75) is 37.5 Å². The van der Waals surface area contributed by atoms with E-state index >= 15 is 0 Å². The maximum Gasteiger partial charge on any atom is 0.333 e. The van der Waals surface area contributed by atoms with Crippen molar-refractivity contribution in [2.24, 2.45) is 0 Å². The van der Waals surface area contributed by atoms with Crippen LogP contribution in [0.25, 0.3) is 11.1 Å². The molecule has 0 radical (unpaired) electrons. The van der Waals surface area contributed by atoms with Gasteiger partial charge in [-0.15, -0.1) is 0 Å². The average Bonchev–Trinajstić information content (AvgIpc) is 3.06. The van der Waals surface area contributed by atoms with Crippen LogP contribution in [0.5, 0.6) is 0 Å². The first kappa shape index (κ1) is 21.2. The molecule has 0 saturated carbocycles. The van der Waals surface area contributed by atoms with Crippen molar-refractivity contribution in [1.29, 1.82) is 0 Å². The van der Waals surface area contributed by atoms with Gasteiger partial charge in [-0.2, -0.15) is 0 Å². The van der Waals surface area contributed by atoms with Crippen molar-refractivity contribution >= 4 is 0 Å². The van der Waals surface area contributed by atoms with Gasteiger partial charge in [0.25, 0.3) is 5.56 Å². The second-order valence-electron chi connectivity index (χ2n) is 7.55. The lowest BCUT2D eigenvalue weighted by atomic mass is 10.0. The van der Waals surface area contributed by atoms with E-state index < -0.39 is 35.8 Å². The summed E-state index contributed by atoms with van der Waals surface area (Å²) in [7, 11) is 0. The average molecular weight is 424 g/mol. The highest BCUT2D eigenvalue weighted by Gasteiger charge is 2.43. The molecule has 0 amide bonds. The van der Waals surface area contributed by atoms with Crippen LogP contribution in [0, 0.1) is 0 Å². The molecular formula is C23H24N2O6. The Bertz CT molecular complexity index is 1160. The fraction of sp³-hybridized carbons (Fsp3) is 0.304. The molecular weight excluding hydrogens is 400 g/mol. The summed E-state index contributed by atoms with van der Waals surface area (Å²) in [6, 6.07) is 18.6. The SMILES string of the molecule is O=c1ccn(C2OC(CCO)C(O)C2O)c(=O)n1Cc1cccc(-c2ccccc2)c1. The Hall–Kier alpha value is -3.04. The molecule has 4 unspecified atom stereocenters. The zero-order valence-electron chi connectivity index (χ0n) is 16.7.